The van der Waals surface area contributed by atoms with Crippen LogP contribution in [0.5, 0.6) is 0 Å². The van der Waals surface area contributed by atoms with Gasteiger partial charge in [-0.2, -0.15) is 0 Å². The normalized spacial score (nSPS) is 14.7. The Morgan fingerprint density at radius 3 is 2.72 bits per heavy atom. The molecule has 0 atom stereocenters. The van der Waals surface area contributed by atoms with Crippen molar-refractivity contribution in [3.63, 3.8) is 0 Å². The number of rotatable bonds is 2. The van der Waals surface area contributed by atoms with Crippen LogP contribution in [0.3, 0.4) is 0 Å². The first-order valence-corrected chi connectivity index (χ1v) is 6.84. The molecule has 0 bridgehead atoms. The lowest BCUT2D eigenvalue weighted by Gasteiger charge is -2.14. The Hall–Kier alpha value is -1.32. The number of nitrogens with two attached hydrogens (primary N) is 1. The number of benzene rings is 2. The molecule has 1 aliphatic heterocycles. The summed E-state index contributed by atoms with van der Waals surface area (Å²) in [6.07, 6.45) is 0. The molecule has 3 heteroatoms. The zero-order chi connectivity index (χ0) is 12.5. The lowest BCUT2D eigenvalue weighted by Crippen LogP contribution is -2.15. The summed E-state index contributed by atoms with van der Waals surface area (Å²) in [6, 6.07) is 14.7. The second-order valence-electron chi connectivity index (χ2n) is 4.80. The van der Waals surface area contributed by atoms with Gasteiger partial charge < -0.3 is 5.73 Å². The first-order valence-electron chi connectivity index (χ1n) is 6.05. The zero-order valence-electron chi connectivity index (χ0n) is 10.1. The minimum Gasteiger partial charge on any atom is -0.399 e. The predicted molar refractivity (Wildman–Crippen MR) is 77.9 cm³/mol. The van der Waals surface area contributed by atoms with Crippen LogP contribution in [0.4, 0.5) is 5.69 Å². The third-order valence-corrected chi connectivity index (χ3v) is 3.81. The topological polar surface area (TPSA) is 29.3 Å². The summed E-state index contributed by atoms with van der Waals surface area (Å²) in [5, 5.41) is 0. The highest BCUT2D eigenvalue weighted by Crippen LogP contribution is 2.26. The highest BCUT2D eigenvalue weighted by molar-refractivity contribution is 9.10. The molecule has 1 aliphatic rings. The molecular weight excluding hydrogens is 288 g/mol. The van der Waals surface area contributed by atoms with E-state index in [1.165, 1.54) is 16.7 Å². The molecule has 0 saturated carbocycles. The third-order valence-electron chi connectivity index (χ3n) is 3.31. The van der Waals surface area contributed by atoms with Crippen molar-refractivity contribution in [1.82, 2.24) is 4.90 Å². The van der Waals surface area contributed by atoms with E-state index < -0.39 is 0 Å². The average molecular weight is 303 g/mol. The van der Waals surface area contributed by atoms with Crippen LogP contribution in [0.1, 0.15) is 16.7 Å². The summed E-state index contributed by atoms with van der Waals surface area (Å²) in [7, 11) is 0. The Kier molecular flexibility index (Phi) is 3.10. The van der Waals surface area contributed by atoms with Crippen molar-refractivity contribution in [1.29, 1.82) is 0 Å². The van der Waals surface area contributed by atoms with Crippen molar-refractivity contribution in [3.05, 3.63) is 63.6 Å². The van der Waals surface area contributed by atoms with Crippen molar-refractivity contribution >= 4 is 21.6 Å². The van der Waals surface area contributed by atoms with Gasteiger partial charge in [0.05, 0.1) is 0 Å². The maximum absolute atomic E-state index is 5.82. The van der Waals surface area contributed by atoms with Crippen molar-refractivity contribution in [2.75, 3.05) is 5.73 Å². The first-order chi connectivity index (χ1) is 8.70. The lowest BCUT2D eigenvalue weighted by molar-refractivity contribution is 0.275. The van der Waals surface area contributed by atoms with Gasteiger partial charge in [0, 0.05) is 29.8 Å². The van der Waals surface area contributed by atoms with E-state index in [2.05, 4.69) is 57.2 Å². The van der Waals surface area contributed by atoms with Gasteiger partial charge in [0.2, 0.25) is 0 Å². The number of hydrogen-bond donors (Lipinski definition) is 1. The van der Waals surface area contributed by atoms with Crippen LogP contribution in [0.15, 0.2) is 46.9 Å². The fraction of sp³-hybridized carbons (Fsp3) is 0.200. The molecule has 18 heavy (non-hydrogen) atoms. The number of halogens is 1. The van der Waals surface area contributed by atoms with E-state index in [0.29, 0.717) is 0 Å². The molecule has 2 aromatic carbocycles. The third kappa shape index (κ3) is 2.42. The van der Waals surface area contributed by atoms with Gasteiger partial charge in [0.1, 0.15) is 0 Å². The van der Waals surface area contributed by atoms with Gasteiger partial charge in [-0.3, -0.25) is 4.90 Å². The molecule has 0 fully saturated rings. The summed E-state index contributed by atoms with van der Waals surface area (Å²) in [4.78, 5) is 2.44. The van der Waals surface area contributed by atoms with Gasteiger partial charge in [-0.15, -0.1) is 0 Å². The number of fused-ring (bicyclic) bond motifs is 1. The predicted octanol–water partition coefficient (Wildman–Crippen LogP) is 3.55. The molecule has 0 spiro atoms. The van der Waals surface area contributed by atoms with Crippen molar-refractivity contribution in [3.8, 4) is 0 Å². The number of anilines is 1. The largest absolute Gasteiger partial charge is 0.399 e. The van der Waals surface area contributed by atoms with E-state index in [1.807, 2.05) is 6.07 Å². The van der Waals surface area contributed by atoms with Crippen molar-refractivity contribution < 1.29 is 0 Å². The van der Waals surface area contributed by atoms with Crippen LogP contribution in [0, 0.1) is 0 Å². The number of nitrogens with zero attached hydrogens (tertiary/aromatic N) is 1. The van der Waals surface area contributed by atoms with Gasteiger partial charge >= 0.3 is 0 Å². The molecule has 0 radical (unpaired) electrons. The van der Waals surface area contributed by atoms with Gasteiger partial charge in [0.25, 0.3) is 0 Å². The van der Waals surface area contributed by atoms with Crippen LogP contribution in [-0.2, 0) is 19.6 Å². The van der Waals surface area contributed by atoms with E-state index in [4.69, 9.17) is 5.73 Å². The fourth-order valence-corrected chi connectivity index (χ4v) is 2.94. The Morgan fingerprint density at radius 1 is 1.06 bits per heavy atom. The Labute approximate surface area is 116 Å². The van der Waals surface area contributed by atoms with E-state index in [1.54, 1.807) is 0 Å². The van der Waals surface area contributed by atoms with E-state index in [0.717, 1.165) is 29.8 Å². The second kappa shape index (κ2) is 4.75. The highest BCUT2D eigenvalue weighted by Gasteiger charge is 2.18. The maximum Gasteiger partial charge on any atom is 0.0317 e. The summed E-state index contributed by atoms with van der Waals surface area (Å²) in [6.45, 7) is 2.99. The Balaban J connectivity index is 1.74. The Bertz CT molecular complexity index is 580. The minimum absolute atomic E-state index is 0.859. The molecule has 2 aromatic rings. The summed E-state index contributed by atoms with van der Waals surface area (Å²) < 4.78 is 1.14. The standard InChI is InChI=1S/C15H15BrN2/c16-14-3-1-2-11(6-14)8-18-9-12-4-5-15(17)7-13(12)10-18/h1-7H,8-10,17H2. The van der Waals surface area contributed by atoms with E-state index in [9.17, 15) is 0 Å². The van der Waals surface area contributed by atoms with Crippen LogP contribution in [-0.4, -0.2) is 4.90 Å². The zero-order valence-corrected chi connectivity index (χ0v) is 11.7. The molecule has 1 heterocycles. The van der Waals surface area contributed by atoms with Crippen LogP contribution < -0.4 is 5.73 Å². The molecule has 2 nitrogen and oxygen atoms in total. The van der Waals surface area contributed by atoms with Crippen molar-refractivity contribution in [2.45, 2.75) is 19.6 Å². The molecule has 0 saturated heterocycles. The van der Waals surface area contributed by atoms with Gasteiger partial charge in [0.15, 0.2) is 0 Å². The van der Waals surface area contributed by atoms with Crippen molar-refractivity contribution in [2.24, 2.45) is 0 Å². The SMILES string of the molecule is Nc1ccc2c(c1)CN(Cc1cccc(Br)c1)C2. The maximum atomic E-state index is 5.82. The molecule has 3 rings (SSSR count). The summed E-state index contributed by atoms with van der Waals surface area (Å²) >= 11 is 3.51. The Morgan fingerprint density at radius 2 is 1.89 bits per heavy atom. The smallest absolute Gasteiger partial charge is 0.0317 e. The van der Waals surface area contributed by atoms with Crippen LogP contribution in [0.25, 0.3) is 0 Å². The number of nitrogen functional groups attached to an aromatic ring is 1. The average Bonchev–Trinajstić information content (AvgIpc) is 2.70. The lowest BCUT2D eigenvalue weighted by atomic mass is 10.1. The molecule has 0 amide bonds. The quantitative estimate of drug-likeness (QED) is 0.860. The summed E-state index contributed by atoms with van der Waals surface area (Å²) in [5.74, 6) is 0. The molecule has 0 aliphatic carbocycles. The first kappa shape index (κ1) is 11.8. The van der Waals surface area contributed by atoms with Gasteiger partial charge in [-0.25, -0.2) is 0 Å². The molecule has 2 N–H and O–H groups in total. The monoisotopic (exact) mass is 302 g/mol. The molecular formula is C15H15BrN2. The van der Waals surface area contributed by atoms with Gasteiger partial charge in [-0.05, 0) is 41.0 Å². The molecule has 92 valence electrons. The highest BCUT2D eigenvalue weighted by atomic mass is 79.9. The second-order valence-corrected chi connectivity index (χ2v) is 5.72. The fourth-order valence-electron chi connectivity index (χ4n) is 2.49. The summed E-state index contributed by atoms with van der Waals surface area (Å²) in [5.41, 5.74) is 10.8. The van der Waals surface area contributed by atoms with Crippen LogP contribution in [0.2, 0.25) is 0 Å². The van der Waals surface area contributed by atoms with E-state index in [-0.39, 0.29) is 0 Å². The molecule has 0 aromatic heterocycles. The minimum atomic E-state index is 0.859. The number of hydrogen-bond acceptors (Lipinski definition) is 2. The van der Waals surface area contributed by atoms with E-state index >= 15 is 0 Å². The molecule has 0 unspecified atom stereocenters. The van der Waals surface area contributed by atoms with Crippen LogP contribution >= 0.6 is 15.9 Å². The van der Waals surface area contributed by atoms with Gasteiger partial charge in [-0.1, -0.05) is 34.1 Å².